The largest absolute Gasteiger partial charge is 0.465 e. The number of hydrogen-bond donors (Lipinski definition) is 0. The first kappa shape index (κ1) is 21.3. The van der Waals surface area contributed by atoms with Crippen LogP contribution in [0.1, 0.15) is 52.4 Å². The van der Waals surface area contributed by atoms with Crippen LogP contribution in [0, 0.1) is 0 Å². The Kier molecular flexibility index (Phi) is 7.01. The van der Waals surface area contributed by atoms with Gasteiger partial charge in [-0.1, -0.05) is 55.8 Å². The molecule has 0 aliphatic carbocycles. The van der Waals surface area contributed by atoms with Gasteiger partial charge in [0.1, 0.15) is 5.69 Å². The molecular formula is C24H26N2O4. The first-order valence-corrected chi connectivity index (χ1v) is 10.1. The zero-order chi connectivity index (χ0) is 21.5. The fraction of sp³-hybridized carbons (Fsp3) is 0.292. The van der Waals surface area contributed by atoms with Crippen molar-refractivity contribution in [1.82, 2.24) is 9.78 Å². The van der Waals surface area contributed by atoms with Crippen LogP contribution in [0.15, 0.2) is 54.6 Å². The van der Waals surface area contributed by atoms with Gasteiger partial charge in [-0.15, -0.1) is 0 Å². The predicted molar refractivity (Wildman–Crippen MR) is 114 cm³/mol. The van der Waals surface area contributed by atoms with Gasteiger partial charge in [0, 0.05) is 0 Å². The maximum absolute atomic E-state index is 12.3. The molecular weight excluding hydrogens is 380 g/mol. The second kappa shape index (κ2) is 9.87. The third-order valence-electron chi connectivity index (χ3n) is 4.75. The molecule has 2 aromatic carbocycles. The fourth-order valence-corrected chi connectivity index (χ4v) is 3.32. The lowest BCUT2D eigenvalue weighted by Crippen LogP contribution is -2.14. The summed E-state index contributed by atoms with van der Waals surface area (Å²) in [4.78, 5) is 24.4. The Hall–Kier alpha value is -3.41. The van der Waals surface area contributed by atoms with Crippen molar-refractivity contribution < 1.29 is 19.1 Å². The number of rotatable bonds is 8. The zero-order valence-electron chi connectivity index (χ0n) is 17.6. The molecule has 0 radical (unpaired) electrons. The van der Waals surface area contributed by atoms with Crippen LogP contribution < -0.4 is 0 Å². The molecule has 6 heteroatoms. The molecule has 3 aromatic rings. The minimum atomic E-state index is -0.367. The Morgan fingerprint density at radius 2 is 1.73 bits per heavy atom. The molecule has 0 aliphatic heterocycles. The van der Waals surface area contributed by atoms with Crippen LogP contribution in [0.2, 0.25) is 0 Å². The Balaban J connectivity index is 1.87. The second-order valence-electron chi connectivity index (χ2n) is 6.88. The SMILES string of the molecule is CCCc1cc(C(=O)OCC)n(Cc2ccc(-c3ccccc3C(=O)OC)cc2)n1. The normalized spacial score (nSPS) is 10.6. The van der Waals surface area contributed by atoms with E-state index in [1.54, 1.807) is 17.7 Å². The standard InChI is InChI=1S/C24H26N2O4/c1-4-8-19-15-22(24(28)30-5-2)26(25-19)16-17-11-13-18(14-12-17)20-9-6-7-10-21(20)23(27)29-3/h6-7,9-15H,4-5,8,16H2,1-3H3. The van der Waals surface area contributed by atoms with E-state index in [1.807, 2.05) is 48.5 Å². The van der Waals surface area contributed by atoms with Crippen molar-refractivity contribution in [3.05, 3.63) is 77.1 Å². The van der Waals surface area contributed by atoms with Crippen molar-refractivity contribution in [2.75, 3.05) is 13.7 Å². The summed E-state index contributed by atoms with van der Waals surface area (Å²) in [7, 11) is 1.38. The molecule has 1 aromatic heterocycles. The monoisotopic (exact) mass is 406 g/mol. The predicted octanol–water partition coefficient (Wildman–Crippen LogP) is 4.51. The van der Waals surface area contributed by atoms with Crippen molar-refractivity contribution in [2.24, 2.45) is 0 Å². The molecule has 0 N–H and O–H groups in total. The molecule has 156 valence electrons. The number of aromatic nitrogens is 2. The quantitative estimate of drug-likeness (QED) is 0.515. The molecule has 3 rings (SSSR count). The van der Waals surface area contributed by atoms with Crippen molar-refractivity contribution in [2.45, 2.75) is 33.2 Å². The highest BCUT2D eigenvalue weighted by Gasteiger charge is 2.17. The average Bonchev–Trinajstić information content (AvgIpc) is 3.16. The van der Waals surface area contributed by atoms with Gasteiger partial charge in [-0.25, -0.2) is 9.59 Å². The van der Waals surface area contributed by atoms with Gasteiger partial charge in [0.05, 0.1) is 31.5 Å². The van der Waals surface area contributed by atoms with Crippen LogP contribution in [0.4, 0.5) is 0 Å². The molecule has 0 fully saturated rings. The Morgan fingerprint density at radius 3 is 2.40 bits per heavy atom. The highest BCUT2D eigenvalue weighted by Crippen LogP contribution is 2.25. The van der Waals surface area contributed by atoms with E-state index in [1.165, 1.54) is 7.11 Å². The number of hydrogen-bond acceptors (Lipinski definition) is 5. The van der Waals surface area contributed by atoms with Gasteiger partial charge in [-0.2, -0.15) is 5.10 Å². The van der Waals surface area contributed by atoms with Gasteiger partial charge >= 0.3 is 11.9 Å². The topological polar surface area (TPSA) is 70.4 Å². The van der Waals surface area contributed by atoms with E-state index in [0.717, 1.165) is 35.2 Å². The zero-order valence-corrected chi connectivity index (χ0v) is 17.6. The molecule has 0 saturated carbocycles. The van der Waals surface area contributed by atoms with Crippen molar-refractivity contribution >= 4 is 11.9 Å². The highest BCUT2D eigenvalue weighted by molar-refractivity contribution is 5.97. The molecule has 0 unspecified atom stereocenters. The first-order valence-electron chi connectivity index (χ1n) is 10.1. The smallest absolute Gasteiger partial charge is 0.356 e. The van der Waals surface area contributed by atoms with Crippen LogP contribution >= 0.6 is 0 Å². The van der Waals surface area contributed by atoms with E-state index in [0.29, 0.717) is 24.4 Å². The van der Waals surface area contributed by atoms with Crippen molar-refractivity contribution in [1.29, 1.82) is 0 Å². The van der Waals surface area contributed by atoms with Gasteiger partial charge in [0.2, 0.25) is 0 Å². The lowest BCUT2D eigenvalue weighted by atomic mass is 9.99. The van der Waals surface area contributed by atoms with E-state index in [4.69, 9.17) is 9.47 Å². The second-order valence-corrected chi connectivity index (χ2v) is 6.88. The van der Waals surface area contributed by atoms with E-state index in [2.05, 4.69) is 12.0 Å². The van der Waals surface area contributed by atoms with Gasteiger partial charge in [-0.05, 0) is 42.2 Å². The van der Waals surface area contributed by atoms with Crippen LogP contribution in [0.25, 0.3) is 11.1 Å². The highest BCUT2D eigenvalue weighted by atomic mass is 16.5. The number of esters is 2. The first-order chi connectivity index (χ1) is 14.6. The Bertz CT molecular complexity index is 1020. The van der Waals surface area contributed by atoms with Crippen LogP contribution in [0.5, 0.6) is 0 Å². The molecule has 1 heterocycles. The molecule has 0 saturated heterocycles. The van der Waals surface area contributed by atoms with Gasteiger partial charge in [0.15, 0.2) is 0 Å². The summed E-state index contributed by atoms with van der Waals surface area (Å²) in [6.07, 6.45) is 1.76. The maximum Gasteiger partial charge on any atom is 0.356 e. The summed E-state index contributed by atoms with van der Waals surface area (Å²) in [6, 6.07) is 17.0. The molecule has 0 amide bonds. The molecule has 30 heavy (non-hydrogen) atoms. The van der Waals surface area contributed by atoms with E-state index in [-0.39, 0.29) is 11.9 Å². The molecule has 0 atom stereocenters. The van der Waals surface area contributed by atoms with Gasteiger partial charge < -0.3 is 9.47 Å². The van der Waals surface area contributed by atoms with Crippen molar-refractivity contribution in [3.63, 3.8) is 0 Å². The summed E-state index contributed by atoms with van der Waals surface area (Å²) >= 11 is 0. The van der Waals surface area contributed by atoms with Crippen LogP contribution in [-0.2, 0) is 22.4 Å². The summed E-state index contributed by atoms with van der Waals surface area (Å²) < 4.78 is 11.8. The van der Waals surface area contributed by atoms with E-state index >= 15 is 0 Å². The molecule has 6 nitrogen and oxygen atoms in total. The molecule has 0 bridgehead atoms. The summed E-state index contributed by atoms with van der Waals surface area (Å²) in [5.74, 6) is -0.732. The minimum absolute atomic E-state index is 0.321. The van der Waals surface area contributed by atoms with Gasteiger partial charge in [-0.3, -0.25) is 4.68 Å². The van der Waals surface area contributed by atoms with E-state index < -0.39 is 0 Å². The summed E-state index contributed by atoms with van der Waals surface area (Å²) in [5, 5.41) is 4.58. The summed E-state index contributed by atoms with van der Waals surface area (Å²) in [5.41, 5.74) is 4.58. The molecule has 0 aliphatic rings. The minimum Gasteiger partial charge on any atom is -0.465 e. The number of nitrogens with zero attached hydrogens (tertiary/aromatic N) is 2. The van der Waals surface area contributed by atoms with Gasteiger partial charge in [0.25, 0.3) is 0 Å². The Morgan fingerprint density at radius 1 is 1.00 bits per heavy atom. The third-order valence-corrected chi connectivity index (χ3v) is 4.75. The summed E-state index contributed by atoms with van der Waals surface area (Å²) in [6.45, 7) is 4.64. The number of aryl methyl sites for hydroxylation is 1. The van der Waals surface area contributed by atoms with Crippen LogP contribution in [0.3, 0.4) is 0 Å². The number of ether oxygens (including phenoxy) is 2. The average molecular weight is 406 g/mol. The lowest BCUT2D eigenvalue weighted by Gasteiger charge is -2.10. The number of methoxy groups -OCH3 is 1. The van der Waals surface area contributed by atoms with Crippen LogP contribution in [-0.4, -0.2) is 35.4 Å². The number of benzene rings is 2. The maximum atomic E-state index is 12.3. The number of carbonyl (C=O) groups is 2. The Labute approximate surface area is 176 Å². The van der Waals surface area contributed by atoms with Crippen molar-refractivity contribution in [3.8, 4) is 11.1 Å². The fourth-order valence-electron chi connectivity index (χ4n) is 3.32. The lowest BCUT2D eigenvalue weighted by molar-refractivity contribution is 0.0511. The molecule has 0 spiro atoms. The third kappa shape index (κ3) is 4.76. The number of carbonyl (C=O) groups excluding carboxylic acids is 2. The van der Waals surface area contributed by atoms with E-state index in [9.17, 15) is 9.59 Å².